The van der Waals surface area contributed by atoms with E-state index in [1.54, 1.807) is 0 Å². The van der Waals surface area contributed by atoms with Crippen molar-refractivity contribution < 1.29 is 101 Å². The summed E-state index contributed by atoms with van der Waals surface area (Å²) < 4.78 is 68.2. The Balaban J connectivity index is -0.00000000241. The van der Waals surface area contributed by atoms with E-state index in [2.05, 4.69) is 0 Å². The Morgan fingerprint density at radius 2 is 0.375 bits per heavy atom. The molecule has 3 radical (unpaired) electrons. The van der Waals surface area contributed by atoms with Crippen LogP contribution in [-0.2, 0) is 20.8 Å². The van der Waals surface area contributed by atoms with Crippen molar-refractivity contribution in [1.82, 2.24) is 6.15 Å². The van der Waals surface area contributed by atoms with Gasteiger partial charge in [-0.1, -0.05) is 0 Å². The van der Waals surface area contributed by atoms with Crippen LogP contribution in [0.1, 0.15) is 0 Å². The van der Waals surface area contributed by atoms with E-state index in [0.717, 1.165) is 0 Å². The zero-order valence-corrected chi connectivity index (χ0v) is 14.4. The van der Waals surface area contributed by atoms with Gasteiger partial charge in [0.1, 0.15) is 0 Å². The molecule has 24 heavy (non-hydrogen) atoms. The fraction of sp³-hybridized carbons (Fsp3) is 0. The van der Waals surface area contributed by atoms with E-state index >= 15 is 0 Å². The van der Waals surface area contributed by atoms with Gasteiger partial charge in [-0.3, -0.25) is 16.8 Å². The lowest BCUT2D eigenvalue weighted by Gasteiger charge is -2.06. The summed E-state index contributed by atoms with van der Waals surface area (Å²) in [5.41, 5.74) is 0. The molecule has 0 saturated carbocycles. The molecule has 24 heteroatoms. The zero-order chi connectivity index (χ0) is 9.00. The van der Waals surface area contributed by atoms with Gasteiger partial charge in [-0.05, 0) is 0 Å². The molecule has 0 aliphatic carbocycles. The van der Waals surface area contributed by atoms with E-state index in [-0.39, 0.29) is 89.2 Å². The predicted octanol–water partition coefficient (Wildman–Crippen LogP) is -12.6. The van der Waals surface area contributed by atoms with Crippen molar-refractivity contribution in [2.75, 3.05) is 0 Å². The van der Waals surface area contributed by atoms with Crippen LogP contribution in [0.25, 0.3) is 0 Å². The SMILES string of the molecule is O.O.O.O.O.O.O.O.O.O.O.O.O=S(=O)([O-])[O-].O=S(=O)([O-])[O-].[Al].[NH4+]. The summed E-state index contributed by atoms with van der Waals surface area (Å²) in [5.74, 6) is 0. The molecule has 0 spiro atoms. The summed E-state index contributed by atoms with van der Waals surface area (Å²) >= 11 is 0. The van der Waals surface area contributed by atoms with Crippen LogP contribution in [-0.4, -0.2) is 118 Å². The maximum absolute atomic E-state index is 8.52. The van der Waals surface area contributed by atoms with Crippen molar-refractivity contribution in [3.63, 3.8) is 0 Å². The van der Waals surface area contributed by atoms with Crippen LogP contribution in [0.15, 0.2) is 0 Å². The normalized spacial score (nSPS) is 4.83. The van der Waals surface area contributed by atoms with Crippen LogP contribution in [0.4, 0.5) is 0 Å². The van der Waals surface area contributed by atoms with Crippen LogP contribution in [0.3, 0.4) is 0 Å². The third-order valence-electron chi connectivity index (χ3n) is 0. The first-order valence-corrected chi connectivity index (χ1v) is 4.00. The average Bonchev–Trinajstić information content (AvgIpc) is 1.12. The van der Waals surface area contributed by atoms with Crippen molar-refractivity contribution in [1.29, 1.82) is 0 Å². The molecular formula is H28AlNO20S2-3. The molecule has 0 bridgehead atoms. The summed E-state index contributed by atoms with van der Waals surface area (Å²) in [4.78, 5) is 0. The highest BCUT2D eigenvalue weighted by atomic mass is 32.3. The third kappa shape index (κ3) is 153000. The first-order chi connectivity index (χ1) is 4.00. The Labute approximate surface area is 145 Å². The molecule has 0 unspecified atom stereocenters. The molecule has 0 heterocycles. The number of hydrogen-bond acceptors (Lipinski definition) is 8. The average molecular weight is 453 g/mol. The third-order valence-corrected chi connectivity index (χ3v) is 0. The summed E-state index contributed by atoms with van der Waals surface area (Å²) in [6.45, 7) is 0. The van der Waals surface area contributed by atoms with Crippen LogP contribution in [0, 0.1) is 0 Å². The molecule has 0 rings (SSSR count). The van der Waals surface area contributed by atoms with Crippen LogP contribution in [0.2, 0.25) is 0 Å². The Kier molecular flexibility index (Phi) is 664. The molecule has 0 aliphatic rings. The van der Waals surface area contributed by atoms with Crippen molar-refractivity contribution in [3.05, 3.63) is 0 Å². The van der Waals surface area contributed by atoms with E-state index in [1.807, 2.05) is 0 Å². The maximum atomic E-state index is 8.52. The molecule has 0 aromatic heterocycles. The van der Waals surface area contributed by atoms with Gasteiger partial charge in [0.05, 0.1) is 0 Å². The van der Waals surface area contributed by atoms with Gasteiger partial charge in [-0.15, -0.1) is 0 Å². The van der Waals surface area contributed by atoms with Gasteiger partial charge in [0.25, 0.3) is 0 Å². The molecule has 0 aliphatic heterocycles. The van der Waals surface area contributed by atoms with Crippen molar-refractivity contribution in [2.24, 2.45) is 0 Å². The van der Waals surface area contributed by atoms with Crippen molar-refractivity contribution >= 4 is 38.2 Å². The molecule has 0 fully saturated rings. The maximum Gasteiger partial charge on any atom is 0.0311 e. The summed E-state index contributed by atoms with van der Waals surface area (Å²) in [5, 5.41) is 0. The van der Waals surface area contributed by atoms with E-state index in [4.69, 9.17) is 35.0 Å². The molecule has 0 amide bonds. The van der Waals surface area contributed by atoms with Crippen molar-refractivity contribution in [2.45, 2.75) is 0 Å². The number of rotatable bonds is 0. The number of quaternary nitrogens is 1. The zero-order valence-electron chi connectivity index (χ0n) is 11.7. The lowest BCUT2D eigenvalue weighted by molar-refractivity contribution is 0.350. The van der Waals surface area contributed by atoms with Gasteiger partial charge in [-0.25, -0.2) is 0 Å². The summed E-state index contributed by atoms with van der Waals surface area (Å²) in [6.07, 6.45) is 0. The monoisotopic (exact) mass is 453 g/mol. The van der Waals surface area contributed by atoms with Crippen molar-refractivity contribution in [3.8, 4) is 0 Å². The highest BCUT2D eigenvalue weighted by Crippen LogP contribution is 1.58. The van der Waals surface area contributed by atoms with Gasteiger partial charge in [0.15, 0.2) is 0 Å². The minimum atomic E-state index is -5.17. The standard InChI is InChI=1S/Al.H3N.2H2O4S.12H2O/c;;2*1-5(2,3)4;;;;;;;;;;;;/h;1H3;2*(H2,1,2,3,4);12*1H2/p-3. The highest BCUT2D eigenvalue weighted by molar-refractivity contribution is 7.79. The van der Waals surface area contributed by atoms with Crippen LogP contribution < -0.4 is 6.15 Å². The Hall–Kier alpha value is -0.248. The smallest absolute Gasteiger partial charge is 0.0311 e. The second-order valence-electron chi connectivity index (χ2n) is 0.816. The fourth-order valence-electron chi connectivity index (χ4n) is 0. The number of hydrogen-bond donors (Lipinski definition) is 1. The van der Waals surface area contributed by atoms with E-state index < -0.39 is 20.8 Å². The minimum absolute atomic E-state index is 0. The summed E-state index contributed by atoms with van der Waals surface area (Å²) in [7, 11) is -10.3. The molecule has 0 atom stereocenters. The van der Waals surface area contributed by atoms with Gasteiger partial charge in [0.2, 0.25) is 0 Å². The minimum Gasteiger partial charge on any atom is -0.759 e. The lowest BCUT2D eigenvalue weighted by atomic mass is 14.0. The van der Waals surface area contributed by atoms with Crippen LogP contribution >= 0.6 is 0 Å². The molecule has 21 nitrogen and oxygen atoms in total. The molecule has 0 aromatic rings. The van der Waals surface area contributed by atoms with Crippen LogP contribution in [0.5, 0.6) is 0 Å². The topological polar surface area (TPSA) is 575 Å². The van der Waals surface area contributed by atoms with Gasteiger partial charge in [-0.2, -0.15) is 0 Å². The predicted molar refractivity (Wildman–Crippen MR) is 76.1 cm³/mol. The fourth-order valence-corrected chi connectivity index (χ4v) is 0. The van der Waals surface area contributed by atoms with E-state index in [9.17, 15) is 0 Å². The first-order valence-electron chi connectivity index (χ1n) is 1.33. The van der Waals surface area contributed by atoms with Gasteiger partial charge < -0.3 is 90.1 Å². The Morgan fingerprint density at radius 1 is 0.375 bits per heavy atom. The Bertz CT molecular complexity index is 218. The quantitative estimate of drug-likeness (QED) is 0.208. The molecule has 0 saturated heterocycles. The summed E-state index contributed by atoms with van der Waals surface area (Å²) in [6, 6.07) is 0. The molecular weight excluding hydrogens is 425 g/mol. The highest BCUT2D eigenvalue weighted by Gasteiger charge is 1.50. The first kappa shape index (κ1) is 205. The van der Waals surface area contributed by atoms with Gasteiger partial charge in [0, 0.05) is 38.2 Å². The largest absolute Gasteiger partial charge is 0.759 e. The molecule has 28 N–H and O–H groups in total. The lowest BCUT2D eigenvalue weighted by Crippen LogP contribution is -1.91. The Morgan fingerprint density at radius 3 is 0.375 bits per heavy atom. The second kappa shape index (κ2) is 77.9. The second-order valence-corrected chi connectivity index (χ2v) is 2.45. The molecule has 171 valence electrons. The van der Waals surface area contributed by atoms with E-state index in [1.165, 1.54) is 0 Å². The van der Waals surface area contributed by atoms with Gasteiger partial charge >= 0.3 is 0 Å². The van der Waals surface area contributed by atoms with E-state index in [0.29, 0.717) is 0 Å². The molecule has 0 aromatic carbocycles.